The normalized spacial score (nSPS) is 14.8. The summed E-state index contributed by atoms with van der Waals surface area (Å²) in [5, 5.41) is 55.7. The van der Waals surface area contributed by atoms with Gasteiger partial charge in [-0.05, 0) is 228 Å². The van der Waals surface area contributed by atoms with Gasteiger partial charge in [-0.15, -0.1) is 0 Å². The first-order valence-corrected chi connectivity index (χ1v) is 49.2. The minimum atomic E-state index is -2.62. The number of aliphatic hydroxyl groups excluding tert-OH is 1. The number of amides is 4. The zero-order valence-electron chi connectivity index (χ0n) is 83.5. The van der Waals surface area contributed by atoms with Crippen molar-refractivity contribution in [3.63, 3.8) is 0 Å². The maximum absolute atomic E-state index is 13.6. The number of hydrogen-bond acceptors (Lipinski definition) is 27. The summed E-state index contributed by atoms with van der Waals surface area (Å²) in [6, 6.07) is 46.3. The number of nitrogens with zero attached hydrogens (tertiary/aromatic N) is 19. The fourth-order valence-electron chi connectivity index (χ4n) is 17.8. The van der Waals surface area contributed by atoms with Gasteiger partial charge in [-0.2, -0.15) is 15.3 Å². The number of hydrogen-bond donors (Lipinski definition) is 12. The third-order valence-corrected chi connectivity index (χ3v) is 25.9. The monoisotopic (exact) mass is 2000 g/mol. The Balaban J connectivity index is 0.000000134. The molecule has 12 aromatic heterocycles. The summed E-state index contributed by atoms with van der Waals surface area (Å²) in [6.45, 7) is 11.6. The smallest absolute Gasteiger partial charge is 0.276 e. The quantitative estimate of drug-likeness (QED) is 0.0174. The van der Waals surface area contributed by atoms with Gasteiger partial charge in [0, 0.05) is 237 Å². The Hall–Kier alpha value is -15.7. The molecule has 4 aliphatic heterocycles. The van der Waals surface area contributed by atoms with Crippen molar-refractivity contribution in [2.24, 2.45) is 0 Å². The van der Waals surface area contributed by atoms with E-state index in [2.05, 4.69) is 149 Å². The predicted molar refractivity (Wildman–Crippen MR) is 570 cm³/mol. The van der Waals surface area contributed by atoms with Crippen molar-refractivity contribution in [3.05, 3.63) is 265 Å². The summed E-state index contributed by atoms with van der Waals surface area (Å²) in [5.74, 6) is -3.30. The van der Waals surface area contributed by atoms with E-state index in [4.69, 9.17) is 0 Å². The lowest BCUT2D eigenvalue weighted by atomic mass is 10.0. The Kier molecular flexibility index (Phi) is 33.2. The second-order valence-corrected chi connectivity index (χ2v) is 38.4. The van der Waals surface area contributed by atoms with Gasteiger partial charge in [-0.25, -0.2) is 37.5 Å². The van der Waals surface area contributed by atoms with Crippen LogP contribution in [0.15, 0.2) is 226 Å². The van der Waals surface area contributed by atoms with Crippen LogP contribution in [0.25, 0.3) is 88.1 Å². The molecule has 0 spiro atoms. The molecule has 20 rings (SSSR count). The molecular weight excluding hydrogens is 1870 g/mol. The largest absolute Gasteiger partial charge is 0.393 e. The molecule has 35 nitrogen and oxygen atoms in total. The van der Waals surface area contributed by atoms with Crippen LogP contribution in [-0.4, -0.2) is 300 Å². The van der Waals surface area contributed by atoms with E-state index in [0.29, 0.717) is 77.8 Å². The van der Waals surface area contributed by atoms with Crippen LogP contribution < -0.4 is 47.0 Å². The molecular formula is C108H122F4N30O5. The molecule has 0 unspecified atom stereocenters. The molecule has 12 N–H and O–H groups in total. The van der Waals surface area contributed by atoms with Crippen LogP contribution in [0.3, 0.4) is 0 Å². The third-order valence-electron chi connectivity index (χ3n) is 25.9. The highest BCUT2D eigenvalue weighted by molar-refractivity contribution is 6.15. The number of H-pyrrole nitrogens is 4. The molecule has 4 fully saturated rings. The summed E-state index contributed by atoms with van der Waals surface area (Å²) in [4.78, 5) is 107. The Bertz CT molecular complexity index is 7180. The van der Waals surface area contributed by atoms with E-state index in [9.17, 15) is 41.8 Å². The van der Waals surface area contributed by atoms with Gasteiger partial charge >= 0.3 is 0 Å². The Labute approximate surface area is 848 Å². The lowest BCUT2D eigenvalue weighted by Gasteiger charge is -2.31. The molecule has 4 aromatic carbocycles. The van der Waals surface area contributed by atoms with Crippen LogP contribution in [-0.2, 0) is 19.6 Å². The number of aliphatic hydroxyl groups is 1. The fraction of sp³-hybridized carbons (Fsp3) is 0.324. The number of nitrogens with one attached hydrogen (secondary N) is 11. The number of alkyl halides is 4. The van der Waals surface area contributed by atoms with Gasteiger partial charge in [0.25, 0.3) is 35.5 Å². The summed E-state index contributed by atoms with van der Waals surface area (Å²) in [7, 11) is 15.9. The molecule has 4 saturated heterocycles. The minimum absolute atomic E-state index is 0.108. The first-order valence-electron chi connectivity index (χ1n) is 49.2. The number of pyridine rings is 8. The third kappa shape index (κ3) is 27.7. The van der Waals surface area contributed by atoms with E-state index in [0.717, 1.165) is 213 Å². The Morgan fingerprint density at radius 3 is 1.14 bits per heavy atom. The number of rotatable bonds is 32. The lowest BCUT2D eigenvalue weighted by Crippen LogP contribution is -2.38. The van der Waals surface area contributed by atoms with Crippen LogP contribution in [0.5, 0.6) is 0 Å². The van der Waals surface area contributed by atoms with Crippen molar-refractivity contribution in [3.8, 4) is 44.5 Å². The molecule has 16 aromatic rings. The zero-order chi connectivity index (χ0) is 103. The van der Waals surface area contributed by atoms with Crippen LogP contribution >= 0.6 is 0 Å². The molecule has 0 radical (unpaired) electrons. The number of aromatic amines is 4. The number of anilines is 9. The second-order valence-electron chi connectivity index (χ2n) is 38.4. The molecule has 762 valence electrons. The lowest BCUT2D eigenvalue weighted by molar-refractivity contribution is -0.0566. The van der Waals surface area contributed by atoms with E-state index in [1.54, 1.807) is 66.7 Å². The topological polar surface area (TPSA) is 404 Å². The average Bonchev–Trinajstić information content (AvgIpc) is 1.68. The number of likely N-dealkylation sites (tertiary alicyclic amines) is 3. The number of carbonyl (C=O) groups is 4. The highest BCUT2D eigenvalue weighted by atomic mass is 19.3. The SMILES string of the molecule is CN(C)CCNc1ccc(NC(=O)c2c[nH]c3ccc(-c4cncc(CN5CCC(F)(F)C5)c4)cc23)cn1.CN(C)CCNc1ccc(NC(=O)c2n[nH]c3ccc(-c4cncc(CN5CCC(F)(F)CC5)c4)cc23)cn1.CN(C)CCNc1ccc(NC(=O)c2n[nH]c3ccc(-c4cncc(N5CCCC5)c4)cc23)cn1.CN(C)c1ccc(NC(=O)c2n[nH]c3ccc(-c4cncc(CN5CCC(O)CC5)c4)cc23)cn1. The van der Waals surface area contributed by atoms with E-state index in [1.807, 2.05) is 218 Å². The highest BCUT2D eigenvalue weighted by Gasteiger charge is 2.39. The number of fused-ring (bicyclic) bond motifs is 4. The van der Waals surface area contributed by atoms with Gasteiger partial charge in [-0.1, -0.05) is 24.3 Å². The zero-order valence-corrected chi connectivity index (χ0v) is 83.5. The van der Waals surface area contributed by atoms with Gasteiger partial charge < -0.3 is 71.8 Å². The maximum atomic E-state index is 13.6. The molecule has 39 heteroatoms. The number of likely N-dealkylation sites (N-methyl/N-ethyl adjacent to an activating group) is 3. The van der Waals surface area contributed by atoms with Crippen molar-refractivity contribution in [1.29, 1.82) is 0 Å². The van der Waals surface area contributed by atoms with Crippen LogP contribution in [0, 0.1) is 0 Å². The summed E-state index contributed by atoms with van der Waals surface area (Å²) >= 11 is 0. The van der Waals surface area contributed by atoms with E-state index < -0.39 is 11.8 Å². The van der Waals surface area contributed by atoms with E-state index >= 15 is 0 Å². The number of carbonyl (C=O) groups excluding carboxylic acids is 4. The number of piperidine rings is 2. The highest BCUT2D eigenvalue weighted by Crippen LogP contribution is 2.37. The maximum Gasteiger partial charge on any atom is 0.276 e. The summed E-state index contributed by atoms with van der Waals surface area (Å²) in [6.07, 6.45) is 26.2. The molecule has 0 bridgehead atoms. The predicted octanol–water partition coefficient (Wildman–Crippen LogP) is 16.3. The van der Waals surface area contributed by atoms with Crippen molar-refractivity contribution in [1.82, 2.24) is 105 Å². The van der Waals surface area contributed by atoms with Gasteiger partial charge in [-0.3, -0.25) is 69.1 Å². The summed E-state index contributed by atoms with van der Waals surface area (Å²) < 4.78 is 54.2. The van der Waals surface area contributed by atoms with Crippen molar-refractivity contribution in [2.75, 3.05) is 195 Å². The molecule has 0 atom stereocenters. The average molecular weight is 2000 g/mol. The fourth-order valence-corrected chi connectivity index (χ4v) is 17.8. The number of benzene rings is 4. The first-order chi connectivity index (χ1) is 71.0. The second kappa shape index (κ2) is 47.5. The van der Waals surface area contributed by atoms with Crippen LogP contribution in [0.4, 0.5) is 69.3 Å². The van der Waals surface area contributed by atoms with E-state index in [1.165, 1.54) is 12.8 Å². The summed E-state index contributed by atoms with van der Waals surface area (Å²) in [5.41, 5.74) is 18.6. The molecule has 16 heterocycles. The van der Waals surface area contributed by atoms with E-state index in [-0.39, 0.29) is 61.2 Å². The molecule has 0 aliphatic carbocycles. The van der Waals surface area contributed by atoms with Gasteiger partial charge in [0.15, 0.2) is 17.1 Å². The van der Waals surface area contributed by atoms with Gasteiger partial charge in [0.1, 0.15) is 23.3 Å². The van der Waals surface area contributed by atoms with Crippen LogP contribution in [0.2, 0.25) is 0 Å². The van der Waals surface area contributed by atoms with Gasteiger partial charge in [0.2, 0.25) is 0 Å². The van der Waals surface area contributed by atoms with Crippen molar-refractivity contribution < 1.29 is 41.8 Å². The Morgan fingerprint density at radius 1 is 0.381 bits per heavy atom. The number of aromatic nitrogens is 15. The standard InChI is InChI=1S/C28H32F2N8O.C28H31F2N7O.C26H30N8O.C26H29N7O2/c1-37(2)12-9-32-25-6-4-22(17-33-25)34-27(39)26-23-14-20(3-5-24(23)35-36-26)21-13-19(15-31-16-21)18-38-10-7-28(29,30)8-11-38;1-36(2)10-8-32-26-6-4-22(15-34-26)35-27(38)24-16-33-25-5-3-20(12-23(24)25)21-11-19(13-31-14-21)17-37-9-7-28(29,30)18-37;1-33(2)12-9-28-24-8-6-20(16-29-24)30-26(35)25-22-14-18(5-7-23(22)31-32-25)19-13-21(17-27-15-19)34-10-3-4-11-34;1-32(2)24-6-4-20(15-28-24)29-26(35)25-22-12-18(3-5-23(22)30-31-25)19-11-17(13-27-14-19)16-33-9-7-21(34)8-10-33/h3-6,13-17H,7-12,18H2,1-2H3,(H,32,33)(H,34,39)(H,35,36);3-6,11-16,33H,7-10,17-18H2,1-2H3,(H,32,34)(H,35,38);5-8,13-17H,3-4,9-12H2,1-2H3,(H,28,29)(H,30,35)(H,31,32);3-6,11-15,21,34H,7-10,16H2,1-2H3,(H,29,35)(H,30,31). The molecule has 4 aliphatic rings. The first kappa shape index (κ1) is 103. The minimum Gasteiger partial charge on any atom is -0.393 e. The van der Waals surface area contributed by atoms with Crippen LogP contribution in [0.1, 0.15) is 103 Å². The Morgan fingerprint density at radius 2 is 0.748 bits per heavy atom. The number of halogens is 4. The van der Waals surface area contributed by atoms with Gasteiger partial charge in [0.05, 0.1) is 94.2 Å². The van der Waals surface area contributed by atoms with Crippen molar-refractivity contribution in [2.45, 2.75) is 82.5 Å². The molecule has 147 heavy (non-hydrogen) atoms. The molecule has 4 amide bonds. The molecule has 0 saturated carbocycles. The van der Waals surface area contributed by atoms with Crippen molar-refractivity contribution >= 4 is 119 Å².